The molecule has 1 aromatic carbocycles. The van der Waals surface area contributed by atoms with E-state index in [0.29, 0.717) is 17.9 Å². The summed E-state index contributed by atoms with van der Waals surface area (Å²) in [6, 6.07) is 6.17. The van der Waals surface area contributed by atoms with Gasteiger partial charge in [-0.25, -0.2) is 4.98 Å². The third kappa shape index (κ3) is 5.32. The van der Waals surface area contributed by atoms with Gasteiger partial charge in [0.05, 0.1) is 13.4 Å². The lowest BCUT2D eigenvalue weighted by Crippen LogP contribution is -2.52. The van der Waals surface area contributed by atoms with Crippen molar-refractivity contribution in [1.29, 1.82) is 0 Å². The standard InChI is InChI=1S/C20H28N4O3/c1-14(2)18(22-19(25)16-6-8-17(27-5)9-7-16)20(26)23(4)15(3)12-24-11-10-21-13-24/h6-11,13-15,18H,12H2,1-5H3,(H,22,25). The van der Waals surface area contributed by atoms with Crippen LogP contribution in [0, 0.1) is 5.92 Å². The van der Waals surface area contributed by atoms with E-state index in [1.807, 2.05) is 31.5 Å². The van der Waals surface area contributed by atoms with Crippen LogP contribution in [0.25, 0.3) is 0 Å². The van der Waals surface area contributed by atoms with Crippen molar-refractivity contribution in [2.75, 3.05) is 14.2 Å². The molecule has 7 heteroatoms. The molecule has 2 aromatic rings. The van der Waals surface area contributed by atoms with Gasteiger partial charge in [-0.2, -0.15) is 0 Å². The molecule has 2 unspecified atom stereocenters. The number of imidazole rings is 1. The van der Waals surface area contributed by atoms with Gasteiger partial charge in [0.25, 0.3) is 5.91 Å². The summed E-state index contributed by atoms with van der Waals surface area (Å²) in [5.74, 6) is 0.249. The fourth-order valence-corrected chi connectivity index (χ4v) is 2.74. The molecule has 7 nitrogen and oxygen atoms in total. The van der Waals surface area contributed by atoms with E-state index in [-0.39, 0.29) is 23.8 Å². The van der Waals surface area contributed by atoms with Gasteiger partial charge in [0, 0.05) is 37.6 Å². The molecule has 0 saturated carbocycles. The first-order valence-electron chi connectivity index (χ1n) is 9.00. The maximum absolute atomic E-state index is 13.0. The van der Waals surface area contributed by atoms with Crippen LogP contribution in [0.3, 0.4) is 0 Å². The van der Waals surface area contributed by atoms with Crippen LogP contribution in [0.15, 0.2) is 43.0 Å². The number of methoxy groups -OCH3 is 1. The monoisotopic (exact) mass is 372 g/mol. The van der Waals surface area contributed by atoms with E-state index in [1.165, 1.54) is 0 Å². The van der Waals surface area contributed by atoms with Crippen molar-refractivity contribution in [3.63, 3.8) is 0 Å². The first-order valence-corrected chi connectivity index (χ1v) is 9.00. The number of aromatic nitrogens is 2. The second-order valence-electron chi connectivity index (χ2n) is 6.98. The Balaban J connectivity index is 2.05. The summed E-state index contributed by atoms with van der Waals surface area (Å²) in [6.07, 6.45) is 5.29. The number of benzene rings is 1. The van der Waals surface area contributed by atoms with Crippen LogP contribution in [-0.4, -0.2) is 52.5 Å². The third-order valence-electron chi connectivity index (χ3n) is 4.61. The molecule has 0 bridgehead atoms. The fourth-order valence-electron chi connectivity index (χ4n) is 2.74. The van der Waals surface area contributed by atoms with Gasteiger partial charge >= 0.3 is 0 Å². The van der Waals surface area contributed by atoms with Crippen LogP contribution in [0.2, 0.25) is 0 Å². The first-order chi connectivity index (χ1) is 12.8. The van der Waals surface area contributed by atoms with E-state index in [4.69, 9.17) is 4.74 Å². The van der Waals surface area contributed by atoms with Crippen LogP contribution in [0.1, 0.15) is 31.1 Å². The van der Waals surface area contributed by atoms with E-state index in [2.05, 4.69) is 10.3 Å². The van der Waals surface area contributed by atoms with Crippen molar-refractivity contribution < 1.29 is 14.3 Å². The van der Waals surface area contributed by atoms with Crippen LogP contribution in [0.5, 0.6) is 5.75 Å². The molecule has 0 saturated heterocycles. The van der Waals surface area contributed by atoms with Gasteiger partial charge < -0.3 is 19.5 Å². The topological polar surface area (TPSA) is 76.5 Å². The zero-order chi connectivity index (χ0) is 20.0. The number of nitrogens with one attached hydrogen (secondary N) is 1. The van der Waals surface area contributed by atoms with E-state index in [9.17, 15) is 9.59 Å². The van der Waals surface area contributed by atoms with Crippen LogP contribution in [0.4, 0.5) is 0 Å². The number of hydrogen-bond donors (Lipinski definition) is 1. The van der Waals surface area contributed by atoms with Gasteiger partial charge in [-0.05, 0) is 37.1 Å². The molecular weight excluding hydrogens is 344 g/mol. The van der Waals surface area contributed by atoms with Gasteiger partial charge in [-0.15, -0.1) is 0 Å². The third-order valence-corrected chi connectivity index (χ3v) is 4.61. The average molecular weight is 372 g/mol. The number of hydrogen-bond acceptors (Lipinski definition) is 4. The number of carbonyl (C=O) groups excluding carboxylic acids is 2. The number of ether oxygens (including phenoxy) is 1. The summed E-state index contributed by atoms with van der Waals surface area (Å²) in [4.78, 5) is 31.3. The lowest BCUT2D eigenvalue weighted by molar-refractivity contribution is -0.135. The van der Waals surface area contributed by atoms with E-state index < -0.39 is 6.04 Å². The Hall–Kier alpha value is -2.83. The normalized spacial score (nSPS) is 13.1. The highest BCUT2D eigenvalue weighted by molar-refractivity contribution is 5.97. The Morgan fingerprint density at radius 3 is 2.41 bits per heavy atom. The largest absolute Gasteiger partial charge is 0.497 e. The van der Waals surface area contributed by atoms with Crippen molar-refractivity contribution in [3.8, 4) is 5.75 Å². The summed E-state index contributed by atoms with van der Waals surface area (Å²) in [5, 5.41) is 2.87. The molecule has 1 aromatic heterocycles. The van der Waals surface area contributed by atoms with Crippen molar-refractivity contribution in [1.82, 2.24) is 19.8 Å². The molecule has 1 N–H and O–H groups in total. The van der Waals surface area contributed by atoms with Gasteiger partial charge in [0.15, 0.2) is 0 Å². The van der Waals surface area contributed by atoms with Gasteiger partial charge in [-0.3, -0.25) is 9.59 Å². The summed E-state index contributed by atoms with van der Waals surface area (Å²) in [5.41, 5.74) is 0.489. The van der Waals surface area contributed by atoms with Gasteiger partial charge in [0.2, 0.25) is 5.91 Å². The molecule has 0 aliphatic rings. The first kappa shape index (κ1) is 20.5. The van der Waals surface area contributed by atoms with Crippen LogP contribution in [-0.2, 0) is 11.3 Å². The molecule has 2 amide bonds. The minimum absolute atomic E-state index is 0.0363. The molecule has 1 heterocycles. The fraction of sp³-hybridized carbons (Fsp3) is 0.450. The Morgan fingerprint density at radius 2 is 1.89 bits per heavy atom. The quantitative estimate of drug-likeness (QED) is 0.771. The highest BCUT2D eigenvalue weighted by Gasteiger charge is 2.29. The Kier molecular flexibility index (Phi) is 6.98. The molecule has 0 aliphatic heterocycles. The highest BCUT2D eigenvalue weighted by atomic mass is 16.5. The van der Waals surface area contributed by atoms with Crippen LogP contribution >= 0.6 is 0 Å². The van der Waals surface area contributed by atoms with Gasteiger partial charge in [-0.1, -0.05) is 13.8 Å². The smallest absolute Gasteiger partial charge is 0.251 e. The van der Waals surface area contributed by atoms with E-state index in [1.54, 1.807) is 55.8 Å². The second kappa shape index (κ2) is 9.21. The predicted octanol–water partition coefficient (Wildman–Crippen LogP) is 2.19. The Morgan fingerprint density at radius 1 is 1.22 bits per heavy atom. The van der Waals surface area contributed by atoms with E-state index in [0.717, 1.165) is 0 Å². The number of nitrogens with zero attached hydrogens (tertiary/aromatic N) is 3. The highest BCUT2D eigenvalue weighted by Crippen LogP contribution is 2.13. The van der Waals surface area contributed by atoms with E-state index >= 15 is 0 Å². The maximum Gasteiger partial charge on any atom is 0.251 e. The zero-order valence-corrected chi connectivity index (χ0v) is 16.5. The average Bonchev–Trinajstić information content (AvgIpc) is 3.17. The van der Waals surface area contributed by atoms with Crippen molar-refractivity contribution in [2.45, 2.75) is 39.4 Å². The Labute approximate surface area is 160 Å². The van der Waals surface area contributed by atoms with Gasteiger partial charge in [0.1, 0.15) is 11.8 Å². The van der Waals surface area contributed by atoms with Crippen molar-refractivity contribution in [3.05, 3.63) is 48.5 Å². The molecular formula is C20H28N4O3. The molecule has 0 radical (unpaired) electrons. The number of rotatable bonds is 8. The Bertz CT molecular complexity index is 741. The summed E-state index contributed by atoms with van der Waals surface area (Å²) in [6.45, 7) is 6.45. The maximum atomic E-state index is 13.0. The molecule has 146 valence electrons. The van der Waals surface area contributed by atoms with Crippen LogP contribution < -0.4 is 10.1 Å². The molecule has 0 aliphatic carbocycles. The molecule has 0 spiro atoms. The minimum Gasteiger partial charge on any atom is -0.497 e. The second-order valence-corrected chi connectivity index (χ2v) is 6.98. The molecule has 2 atom stereocenters. The van der Waals surface area contributed by atoms with Crippen molar-refractivity contribution in [2.24, 2.45) is 5.92 Å². The summed E-state index contributed by atoms with van der Waals surface area (Å²) >= 11 is 0. The summed E-state index contributed by atoms with van der Waals surface area (Å²) < 4.78 is 7.03. The predicted molar refractivity (Wildman–Crippen MR) is 104 cm³/mol. The van der Waals surface area contributed by atoms with Crippen molar-refractivity contribution >= 4 is 11.8 Å². The molecule has 27 heavy (non-hydrogen) atoms. The molecule has 2 rings (SSSR count). The lowest BCUT2D eigenvalue weighted by Gasteiger charge is -2.31. The zero-order valence-electron chi connectivity index (χ0n) is 16.5. The minimum atomic E-state index is -0.602. The SMILES string of the molecule is COc1ccc(C(=O)NC(C(=O)N(C)C(C)Cn2ccnc2)C(C)C)cc1. The number of amides is 2. The number of likely N-dealkylation sites (N-methyl/N-ethyl adjacent to an activating group) is 1. The number of carbonyl (C=O) groups is 2. The lowest BCUT2D eigenvalue weighted by atomic mass is 10.0. The molecule has 0 fully saturated rings. The summed E-state index contributed by atoms with van der Waals surface area (Å²) in [7, 11) is 3.34.